The van der Waals surface area contributed by atoms with Gasteiger partial charge in [-0.05, 0) is 38.6 Å². The van der Waals surface area contributed by atoms with Crippen LogP contribution in [0.15, 0.2) is 18.2 Å². The second-order valence-electron chi connectivity index (χ2n) is 4.96. The Balaban J connectivity index is 2.27. The molecule has 1 aliphatic heterocycles. The van der Waals surface area contributed by atoms with Crippen LogP contribution < -0.4 is 4.90 Å². The molecule has 98 valence electrons. The molecule has 1 fully saturated rings. The fourth-order valence-electron chi connectivity index (χ4n) is 2.64. The van der Waals surface area contributed by atoms with Crippen molar-refractivity contribution in [2.75, 3.05) is 32.1 Å². The molecular formula is C14H19FN2O. The Kier molecular flexibility index (Phi) is 3.97. The van der Waals surface area contributed by atoms with Crippen molar-refractivity contribution in [2.45, 2.75) is 18.9 Å². The Bertz CT molecular complexity index is 436. The van der Waals surface area contributed by atoms with Gasteiger partial charge in [0.1, 0.15) is 5.82 Å². The van der Waals surface area contributed by atoms with E-state index in [1.807, 2.05) is 11.9 Å². The van der Waals surface area contributed by atoms with Crippen LogP contribution in [-0.2, 0) is 0 Å². The van der Waals surface area contributed by atoms with E-state index < -0.39 is 0 Å². The summed E-state index contributed by atoms with van der Waals surface area (Å²) in [7, 11) is 3.94. The molecule has 1 heterocycles. The lowest BCUT2D eigenvalue weighted by Gasteiger charge is -2.37. The van der Waals surface area contributed by atoms with Crippen molar-refractivity contribution in [2.24, 2.45) is 0 Å². The van der Waals surface area contributed by atoms with Crippen molar-refractivity contribution >= 4 is 12.0 Å². The third-order valence-corrected chi connectivity index (χ3v) is 3.64. The zero-order chi connectivity index (χ0) is 13.1. The van der Waals surface area contributed by atoms with Gasteiger partial charge in [-0.15, -0.1) is 0 Å². The Morgan fingerprint density at radius 1 is 1.50 bits per heavy atom. The molecule has 1 aromatic rings. The molecule has 1 saturated heterocycles. The van der Waals surface area contributed by atoms with Crippen LogP contribution >= 0.6 is 0 Å². The van der Waals surface area contributed by atoms with Gasteiger partial charge in [-0.2, -0.15) is 0 Å². The van der Waals surface area contributed by atoms with Crippen LogP contribution in [0.1, 0.15) is 23.2 Å². The number of hydrogen-bond donors (Lipinski definition) is 0. The number of piperidine rings is 1. The molecule has 0 aromatic heterocycles. The summed E-state index contributed by atoms with van der Waals surface area (Å²) < 4.78 is 13.9. The van der Waals surface area contributed by atoms with Crippen LogP contribution in [-0.4, -0.2) is 44.4 Å². The molecule has 18 heavy (non-hydrogen) atoms. The van der Waals surface area contributed by atoms with Gasteiger partial charge in [0, 0.05) is 25.2 Å². The Morgan fingerprint density at radius 3 is 2.94 bits per heavy atom. The normalized spacial score (nSPS) is 20.7. The molecule has 3 nitrogen and oxygen atoms in total. The lowest BCUT2D eigenvalue weighted by molar-refractivity contribution is 0.112. The summed E-state index contributed by atoms with van der Waals surface area (Å²) in [6.07, 6.45) is 2.87. The van der Waals surface area contributed by atoms with E-state index in [1.54, 1.807) is 12.1 Å². The van der Waals surface area contributed by atoms with Crippen molar-refractivity contribution in [1.82, 2.24) is 4.90 Å². The summed E-state index contributed by atoms with van der Waals surface area (Å²) in [6.45, 7) is 1.99. The van der Waals surface area contributed by atoms with Crippen molar-refractivity contribution in [3.63, 3.8) is 0 Å². The molecule has 1 aromatic carbocycles. The number of likely N-dealkylation sites (tertiary alicyclic amines) is 1. The average molecular weight is 250 g/mol. The highest BCUT2D eigenvalue weighted by molar-refractivity contribution is 5.84. The number of para-hydroxylation sites is 1. The highest BCUT2D eigenvalue weighted by atomic mass is 19.1. The molecule has 4 heteroatoms. The number of rotatable bonds is 3. The zero-order valence-corrected chi connectivity index (χ0v) is 10.9. The second-order valence-corrected chi connectivity index (χ2v) is 4.96. The predicted molar refractivity (Wildman–Crippen MR) is 70.7 cm³/mol. The first kappa shape index (κ1) is 13.0. The number of anilines is 1. The van der Waals surface area contributed by atoms with E-state index in [2.05, 4.69) is 11.9 Å². The number of halogens is 1. The molecule has 0 radical (unpaired) electrons. The van der Waals surface area contributed by atoms with Gasteiger partial charge in [0.2, 0.25) is 0 Å². The van der Waals surface area contributed by atoms with Gasteiger partial charge in [0.25, 0.3) is 0 Å². The maximum absolute atomic E-state index is 13.9. The molecule has 1 atom stereocenters. The van der Waals surface area contributed by atoms with E-state index in [0.29, 0.717) is 11.3 Å². The lowest BCUT2D eigenvalue weighted by atomic mass is 10.0. The molecule has 2 rings (SSSR count). The van der Waals surface area contributed by atoms with E-state index in [1.165, 1.54) is 6.07 Å². The first-order valence-electron chi connectivity index (χ1n) is 6.28. The topological polar surface area (TPSA) is 23.6 Å². The van der Waals surface area contributed by atoms with Crippen molar-refractivity contribution in [1.29, 1.82) is 0 Å². The van der Waals surface area contributed by atoms with Crippen LogP contribution in [0.25, 0.3) is 0 Å². The number of nitrogens with zero attached hydrogens (tertiary/aromatic N) is 2. The molecule has 0 N–H and O–H groups in total. The smallest absolute Gasteiger partial charge is 0.152 e. The van der Waals surface area contributed by atoms with E-state index in [4.69, 9.17) is 0 Å². The van der Waals surface area contributed by atoms with Crippen molar-refractivity contribution in [3.05, 3.63) is 29.6 Å². The number of carbonyl (C=O) groups excluding carboxylic acids is 1. The quantitative estimate of drug-likeness (QED) is 0.768. The monoisotopic (exact) mass is 250 g/mol. The lowest BCUT2D eigenvalue weighted by Crippen LogP contribution is -2.45. The summed E-state index contributed by atoms with van der Waals surface area (Å²) in [5, 5.41) is 0. The highest BCUT2D eigenvalue weighted by Gasteiger charge is 2.24. The van der Waals surface area contributed by atoms with Gasteiger partial charge in [-0.25, -0.2) is 4.39 Å². The largest absolute Gasteiger partial charge is 0.367 e. The minimum atomic E-state index is -0.324. The van der Waals surface area contributed by atoms with E-state index in [9.17, 15) is 9.18 Å². The maximum atomic E-state index is 13.9. The summed E-state index contributed by atoms with van der Waals surface area (Å²) in [5.74, 6) is -0.324. The van der Waals surface area contributed by atoms with Gasteiger partial charge in [0.05, 0.1) is 5.69 Å². The third kappa shape index (κ3) is 2.53. The van der Waals surface area contributed by atoms with Crippen molar-refractivity contribution < 1.29 is 9.18 Å². The first-order valence-corrected chi connectivity index (χ1v) is 6.28. The number of carbonyl (C=O) groups is 1. The fraction of sp³-hybridized carbons (Fsp3) is 0.500. The molecule has 0 spiro atoms. The van der Waals surface area contributed by atoms with E-state index in [0.717, 1.165) is 32.2 Å². The molecule has 0 aliphatic carbocycles. The Morgan fingerprint density at radius 2 is 2.28 bits per heavy atom. The van der Waals surface area contributed by atoms with Gasteiger partial charge < -0.3 is 9.80 Å². The minimum absolute atomic E-state index is 0.263. The van der Waals surface area contributed by atoms with Crippen LogP contribution in [0.2, 0.25) is 0 Å². The van der Waals surface area contributed by atoms with Crippen LogP contribution in [0.3, 0.4) is 0 Å². The van der Waals surface area contributed by atoms with E-state index >= 15 is 0 Å². The summed E-state index contributed by atoms with van der Waals surface area (Å²) in [4.78, 5) is 15.2. The Hall–Kier alpha value is -1.42. The molecule has 1 unspecified atom stereocenters. The molecular weight excluding hydrogens is 231 g/mol. The summed E-state index contributed by atoms with van der Waals surface area (Å²) in [6, 6.07) is 4.91. The molecule has 0 bridgehead atoms. The second kappa shape index (κ2) is 5.48. The van der Waals surface area contributed by atoms with Gasteiger partial charge >= 0.3 is 0 Å². The average Bonchev–Trinajstić information content (AvgIpc) is 2.37. The summed E-state index contributed by atoms with van der Waals surface area (Å²) >= 11 is 0. The number of hydrogen-bond acceptors (Lipinski definition) is 3. The fourth-order valence-corrected chi connectivity index (χ4v) is 2.64. The van der Waals surface area contributed by atoms with Crippen LogP contribution in [0.5, 0.6) is 0 Å². The molecule has 0 saturated carbocycles. The number of likely N-dealkylation sites (N-methyl/N-ethyl adjacent to an activating group) is 2. The molecule has 0 amide bonds. The van der Waals surface area contributed by atoms with E-state index in [-0.39, 0.29) is 11.9 Å². The van der Waals surface area contributed by atoms with Gasteiger partial charge in [0.15, 0.2) is 6.29 Å². The maximum Gasteiger partial charge on any atom is 0.152 e. The number of aldehydes is 1. The van der Waals surface area contributed by atoms with Crippen LogP contribution in [0.4, 0.5) is 10.1 Å². The highest BCUT2D eigenvalue weighted by Crippen LogP contribution is 2.26. The SMILES string of the molecule is CN1CCCC(N(C)c2c(F)cccc2C=O)C1. The number of benzene rings is 1. The summed E-state index contributed by atoms with van der Waals surface area (Å²) in [5.41, 5.74) is 0.846. The zero-order valence-electron chi connectivity index (χ0n) is 10.9. The van der Waals surface area contributed by atoms with Gasteiger partial charge in [-0.3, -0.25) is 4.79 Å². The van der Waals surface area contributed by atoms with Crippen LogP contribution in [0, 0.1) is 5.82 Å². The minimum Gasteiger partial charge on any atom is -0.367 e. The first-order chi connectivity index (χ1) is 8.63. The Labute approximate surface area is 107 Å². The standard InChI is InChI=1S/C14H19FN2O/c1-16-8-4-6-12(9-16)17(2)14-11(10-18)5-3-7-13(14)15/h3,5,7,10,12H,4,6,8-9H2,1-2H3. The third-order valence-electron chi connectivity index (χ3n) is 3.64. The predicted octanol–water partition coefficient (Wildman–Crippen LogP) is 2.17. The van der Waals surface area contributed by atoms with Crippen molar-refractivity contribution in [3.8, 4) is 0 Å². The molecule has 1 aliphatic rings. The van der Waals surface area contributed by atoms with Gasteiger partial charge in [-0.1, -0.05) is 6.07 Å².